The van der Waals surface area contributed by atoms with Crippen LogP contribution in [0.15, 0.2) is 42.5 Å². The lowest BCUT2D eigenvalue weighted by molar-refractivity contribution is 0.242. The second kappa shape index (κ2) is 7.23. The summed E-state index contributed by atoms with van der Waals surface area (Å²) >= 11 is 12.3. The van der Waals surface area contributed by atoms with Gasteiger partial charge in [0.2, 0.25) is 0 Å². The largest absolute Gasteiger partial charge is 0.329 e. The predicted molar refractivity (Wildman–Crippen MR) is 86.1 cm³/mol. The number of rotatable bonds is 5. The maximum Gasteiger partial charge on any atom is 0.124 e. The van der Waals surface area contributed by atoms with Crippen molar-refractivity contribution in [1.29, 1.82) is 0 Å². The second-order valence-electron chi connectivity index (χ2n) is 4.92. The molecule has 0 aromatic heterocycles. The summed E-state index contributed by atoms with van der Waals surface area (Å²) in [6.45, 7) is 1.02. The fourth-order valence-electron chi connectivity index (χ4n) is 2.32. The summed E-state index contributed by atoms with van der Waals surface area (Å²) in [4.78, 5) is 2.06. The Kier molecular flexibility index (Phi) is 5.59. The lowest BCUT2D eigenvalue weighted by Crippen LogP contribution is -2.30. The van der Waals surface area contributed by atoms with E-state index in [-0.39, 0.29) is 11.9 Å². The first-order valence-corrected chi connectivity index (χ1v) is 7.37. The molecule has 5 heteroatoms. The van der Waals surface area contributed by atoms with Crippen LogP contribution in [0, 0.1) is 5.82 Å². The number of nitrogens with two attached hydrogens (primary N) is 1. The summed E-state index contributed by atoms with van der Waals surface area (Å²) in [5.41, 5.74) is 7.70. The molecule has 0 fully saturated rings. The lowest BCUT2D eigenvalue weighted by atomic mass is 10.0. The van der Waals surface area contributed by atoms with Crippen molar-refractivity contribution >= 4 is 23.2 Å². The van der Waals surface area contributed by atoms with Crippen molar-refractivity contribution in [3.05, 3.63) is 69.5 Å². The van der Waals surface area contributed by atoms with Crippen LogP contribution in [0.25, 0.3) is 0 Å². The van der Waals surface area contributed by atoms with Crippen molar-refractivity contribution in [3.63, 3.8) is 0 Å². The van der Waals surface area contributed by atoms with Crippen LogP contribution in [0.5, 0.6) is 0 Å². The van der Waals surface area contributed by atoms with Crippen molar-refractivity contribution in [2.75, 3.05) is 13.6 Å². The normalized spacial score (nSPS) is 12.7. The highest BCUT2D eigenvalue weighted by Crippen LogP contribution is 2.28. The number of halogens is 3. The van der Waals surface area contributed by atoms with E-state index in [4.69, 9.17) is 28.9 Å². The van der Waals surface area contributed by atoms with E-state index >= 15 is 0 Å². The second-order valence-corrected chi connectivity index (χ2v) is 5.74. The molecule has 0 saturated carbocycles. The molecule has 2 N–H and O–H groups in total. The van der Waals surface area contributed by atoms with Crippen molar-refractivity contribution in [3.8, 4) is 0 Å². The Labute approximate surface area is 134 Å². The van der Waals surface area contributed by atoms with Crippen molar-refractivity contribution in [1.82, 2.24) is 4.90 Å². The smallest absolute Gasteiger partial charge is 0.124 e. The zero-order chi connectivity index (χ0) is 15.4. The quantitative estimate of drug-likeness (QED) is 0.889. The summed E-state index contributed by atoms with van der Waals surface area (Å²) in [6, 6.07) is 11.9. The van der Waals surface area contributed by atoms with Gasteiger partial charge in [-0.15, -0.1) is 0 Å². The third kappa shape index (κ3) is 3.95. The van der Waals surface area contributed by atoms with Gasteiger partial charge in [-0.05, 0) is 36.4 Å². The van der Waals surface area contributed by atoms with Gasteiger partial charge >= 0.3 is 0 Å². The highest BCUT2D eigenvalue weighted by Gasteiger charge is 2.19. The number of nitrogens with zero attached hydrogens (tertiary/aromatic N) is 1. The Bertz CT molecular complexity index is 619. The predicted octanol–water partition coefficient (Wildman–Crippen LogP) is 4.26. The standard InChI is InChI=1S/C16H17Cl2FN2/c1-21(10-11-4-2-3-5-14(11)17)16(9-20)13-7-6-12(19)8-15(13)18/h2-8,16H,9-10,20H2,1H3. The summed E-state index contributed by atoms with van der Waals surface area (Å²) in [7, 11) is 1.94. The van der Waals surface area contributed by atoms with Crippen LogP contribution in [0.2, 0.25) is 10.0 Å². The SMILES string of the molecule is CN(Cc1ccccc1Cl)C(CN)c1ccc(F)cc1Cl. The Morgan fingerprint density at radius 2 is 1.86 bits per heavy atom. The van der Waals surface area contributed by atoms with Crippen LogP contribution in [0.4, 0.5) is 4.39 Å². The topological polar surface area (TPSA) is 29.3 Å². The molecule has 2 aromatic carbocycles. The molecule has 1 atom stereocenters. The molecule has 21 heavy (non-hydrogen) atoms. The van der Waals surface area contributed by atoms with E-state index in [1.165, 1.54) is 12.1 Å². The molecular formula is C16H17Cl2FN2. The minimum atomic E-state index is -0.353. The van der Waals surface area contributed by atoms with Crippen LogP contribution in [0.1, 0.15) is 17.2 Å². The molecule has 112 valence electrons. The van der Waals surface area contributed by atoms with Gasteiger partial charge in [0.15, 0.2) is 0 Å². The third-order valence-corrected chi connectivity index (χ3v) is 4.15. The first kappa shape index (κ1) is 16.2. The van der Waals surface area contributed by atoms with Gasteiger partial charge in [0.05, 0.1) is 0 Å². The fourth-order valence-corrected chi connectivity index (χ4v) is 2.81. The van der Waals surface area contributed by atoms with Crippen LogP contribution in [-0.4, -0.2) is 18.5 Å². The zero-order valence-corrected chi connectivity index (χ0v) is 13.2. The monoisotopic (exact) mass is 326 g/mol. The van der Waals surface area contributed by atoms with Crippen LogP contribution in [0.3, 0.4) is 0 Å². The van der Waals surface area contributed by atoms with Crippen molar-refractivity contribution in [2.45, 2.75) is 12.6 Å². The molecule has 2 nitrogen and oxygen atoms in total. The maximum atomic E-state index is 13.2. The maximum absolute atomic E-state index is 13.2. The molecule has 0 aliphatic carbocycles. The van der Waals surface area contributed by atoms with Gasteiger partial charge in [-0.1, -0.05) is 47.5 Å². The molecule has 2 rings (SSSR count). The molecule has 0 amide bonds. The summed E-state index contributed by atoms with van der Waals surface area (Å²) in [5.74, 6) is -0.353. The summed E-state index contributed by atoms with van der Waals surface area (Å²) in [5, 5.41) is 1.10. The third-order valence-electron chi connectivity index (χ3n) is 3.45. The minimum absolute atomic E-state index is 0.102. The number of likely N-dealkylation sites (N-methyl/N-ethyl adjacent to an activating group) is 1. The van der Waals surface area contributed by atoms with E-state index in [0.717, 1.165) is 11.1 Å². The molecule has 0 bridgehead atoms. The molecule has 0 aliphatic rings. The fraction of sp³-hybridized carbons (Fsp3) is 0.250. The average Bonchev–Trinajstić information content (AvgIpc) is 2.44. The molecule has 2 aromatic rings. The van der Waals surface area contributed by atoms with Gasteiger partial charge in [0, 0.05) is 29.2 Å². The van der Waals surface area contributed by atoms with Crippen molar-refractivity contribution < 1.29 is 4.39 Å². The van der Waals surface area contributed by atoms with Gasteiger partial charge in [0.1, 0.15) is 5.82 Å². The molecule has 0 aliphatic heterocycles. The van der Waals surface area contributed by atoms with E-state index in [1.54, 1.807) is 6.07 Å². The number of hydrogen-bond donors (Lipinski definition) is 1. The molecule has 0 saturated heterocycles. The van der Waals surface area contributed by atoms with E-state index in [9.17, 15) is 4.39 Å². The van der Waals surface area contributed by atoms with E-state index in [1.807, 2.05) is 31.3 Å². The molecule has 0 heterocycles. The van der Waals surface area contributed by atoms with Gasteiger partial charge < -0.3 is 5.73 Å². The van der Waals surface area contributed by atoms with Crippen molar-refractivity contribution in [2.24, 2.45) is 5.73 Å². The van der Waals surface area contributed by atoms with Crippen LogP contribution >= 0.6 is 23.2 Å². The molecule has 1 unspecified atom stereocenters. The Morgan fingerprint density at radius 3 is 2.48 bits per heavy atom. The Balaban J connectivity index is 2.22. The summed E-state index contributed by atoms with van der Waals surface area (Å²) in [6.07, 6.45) is 0. The molecule has 0 radical (unpaired) electrons. The Morgan fingerprint density at radius 1 is 1.14 bits per heavy atom. The van der Waals surface area contributed by atoms with E-state index in [2.05, 4.69) is 4.90 Å². The number of hydrogen-bond acceptors (Lipinski definition) is 2. The van der Waals surface area contributed by atoms with E-state index in [0.29, 0.717) is 23.1 Å². The highest BCUT2D eigenvalue weighted by molar-refractivity contribution is 6.31. The first-order chi connectivity index (χ1) is 10.0. The first-order valence-electron chi connectivity index (χ1n) is 6.61. The van der Waals surface area contributed by atoms with Gasteiger partial charge in [-0.2, -0.15) is 0 Å². The molecular weight excluding hydrogens is 310 g/mol. The van der Waals surface area contributed by atoms with Gasteiger partial charge in [-0.3, -0.25) is 4.90 Å². The van der Waals surface area contributed by atoms with Gasteiger partial charge in [-0.25, -0.2) is 4.39 Å². The lowest BCUT2D eigenvalue weighted by Gasteiger charge is -2.28. The van der Waals surface area contributed by atoms with Crippen LogP contribution in [-0.2, 0) is 6.54 Å². The summed E-state index contributed by atoms with van der Waals surface area (Å²) < 4.78 is 13.2. The number of benzene rings is 2. The molecule has 0 spiro atoms. The average molecular weight is 327 g/mol. The van der Waals surface area contributed by atoms with Gasteiger partial charge in [0.25, 0.3) is 0 Å². The highest BCUT2D eigenvalue weighted by atomic mass is 35.5. The van der Waals surface area contributed by atoms with E-state index < -0.39 is 0 Å². The zero-order valence-electron chi connectivity index (χ0n) is 11.7. The minimum Gasteiger partial charge on any atom is -0.329 e. The van der Waals surface area contributed by atoms with Crippen LogP contribution < -0.4 is 5.73 Å². The Hall–Kier alpha value is -1.13.